The van der Waals surface area contributed by atoms with Gasteiger partial charge in [-0.25, -0.2) is 0 Å². The molecule has 0 aliphatic heterocycles. The van der Waals surface area contributed by atoms with E-state index in [1.807, 2.05) is 12.1 Å². The largest absolute Gasteiger partial charge is 0.489 e. The minimum Gasteiger partial charge on any atom is -0.489 e. The Balaban J connectivity index is 1.69. The summed E-state index contributed by atoms with van der Waals surface area (Å²) in [5.41, 5.74) is 1.34. The van der Waals surface area contributed by atoms with Crippen molar-refractivity contribution in [3.8, 4) is 5.75 Å². The maximum Gasteiger partial charge on any atom is 0.283 e. The number of hydrogen-bond acceptors (Lipinski definition) is 2. The quantitative estimate of drug-likeness (QED) is 0.425. The molecule has 154 valence electrons. The van der Waals surface area contributed by atoms with E-state index in [2.05, 4.69) is 0 Å². The smallest absolute Gasteiger partial charge is 0.283 e. The molecule has 1 aliphatic rings. The Kier molecular flexibility index (Phi) is 7.08. The summed E-state index contributed by atoms with van der Waals surface area (Å²) >= 11 is 6.32. The van der Waals surface area contributed by atoms with Crippen molar-refractivity contribution in [2.45, 2.75) is 44.7 Å². The van der Waals surface area contributed by atoms with Crippen LogP contribution < -0.4 is 4.74 Å². The molecule has 1 aliphatic carbocycles. The van der Waals surface area contributed by atoms with Crippen LogP contribution in [-0.2, 0) is 16.9 Å². The van der Waals surface area contributed by atoms with E-state index < -0.39 is 5.66 Å². The van der Waals surface area contributed by atoms with Crippen LogP contribution in [0.15, 0.2) is 48.0 Å². The van der Waals surface area contributed by atoms with Crippen molar-refractivity contribution in [2.24, 2.45) is 0 Å². The third kappa shape index (κ3) is 5.87. The molecule has 0 saturated heterocycles. The number of allylic oxidation sites excluding steroid dienone is 1. The van der Waals surface area contributed by atoms with Gasteiger partial charge in [0.1, 0.15) is 18.1 Å². The molecule has 0 heterocycles. The lowest BCUT2D eigenvalue weighted by Gasteiger charge is -2.13. The van der Waals surface area contributed by atoms with E-state index in [0.29, 0.717) is 30.2 Å². The van der Waals surface area contributed by atoms with Crippen LogP contribution in [0, 0.1) is 0 Å². The Hall–Kier alpha value is -1.77. The van der Waals surface area contributed by atoms with Crippen LogP contribution in [0.5, 0.6) is 5.75 Å². The molecule has 2 nitrogen and oxygen atoms in total. The monoisotopic (exact) mass is 436 g/mol. The van der Waals surface area contributed by atoms with Crippen molar-refractivity contribution in [1.82, 2.24) is 0 Å². The topological polar surface area (TPSA) is 26.3 Å². The van der Waals surface area contributed by atoms with E-state index in [1.165, 1.54) is 23.3 Å². The van der Waals surface area contributed by atoms with Crippen molar-refractivity contribution >= 4 is 32.2 Å². The molecule has 0 radical (unpaired) electrons. The minimum atomic E-state index is -2.91. The molecule has 6 heteroatoms. The van der Waals surface area contributed by atoms with E-state index >= 15 is 0 Å². The summed E-state index contributed by atoms with van der Waals surface area (Å²) in [6.07, 6.45) is 3.97. The third-order valence-corrected chi connectivity index (χ3v) is 5.82. The molecule has 0 fully saturated rings. The lowest BCUT2D eigenvalue weighted by molar-refractivity contribution is -0.116. The lowest BCUT2D eigenvalue weighted by atomic mass is 10.0. The summed E-state index contributed by atoms with van der Waals surface area (Å²) in [5, 5.41) is 0.596. The van der Waals surface area contributed by atoms with Gasteiger partial charge in [-0.3, -0.25) is 0 Å². The average Bonchev–Trinajstić information content (AvgIpc) is 3.13. The van der Waals surface area contributed by atoms with Gasteiger partial charge in [-0.15, -0.1) is 0 Å². The Morgan fingerprint density at radius 2 is 1.90 bits per heavy atom. The summed E-state index contributed by atoms with van der Waals surface area (Å²) in [6.45, 7) is 2.01. The Morgan fingerprint density at radius 1 is 1.17 bits per heavy atom. The highest BCUT2D eigenvalue weighted by Gasteiger charge is 2.24. The highest BCUT2D eigenvalue weighted by atomic mass is 35.5. The molecule has 3 rings (SSSR count). The molecule has 1 atom stereocenters. The number of hydrogen-bond donors (Lipinski definition) is 0. The van der Waals surface area contributed by atoms with Gasteiger partial charge in [0.15, 0.2) is 0 Å². The zero-order valence-electron chi connectivity index (χ0n) is 16.3. The zero-order valence-corrected chi connectivity index (χ0v) is 18.2. The van der Waals surface area contributed by atoms with Crippen molar-refractivity contribution < 1.29 is 18.3 Å². The number of Topliss-reactive ketones (excluding diaryl/α,β-unsaturated/α-hetero) is 1. The zero-order chi connectivity index (χ0) is 21.0. The Morgan fingerprint density at radius 3 is 2.52 bits per heavy atom. The maximum absolute atomic E-state index is 13.4. The van der Waals surface area contributed by atoms with Gasteiger partial charge < -0.3 is 9.53 Å². The first-order valence-corrected chi connectivity index (χ1v) is 10.6. The van der Waals surface area contributed by atoms with Gasteiger partial charge in [-0.2, -0.15) is 8.78 Å². The number of aryl methyl sites for hydroxylation is 1. The first-order valence-electron chi connectivity index (χ1n) is 9.63. The van der Waals surface area contributed by atoms with E-state index in [0.717, 1.165) is 30.4 Å². The molecule has 2 aromatic rings. The first-order chi connectivity index (χ1) is 13.7. The second kappa shape index (κ2) is 9.36. The summed E-state index contributed by atoms with van der Waals surface area (Å²) in [7, 11) is 1.57. The predicted octanol–water partition coefficient (Wildman–Crippen LogP) is 6.80. The van der Waals surface area contributed by atoms with Gasteiger partial charge in [-0.1, -0.05) is 51.2 Å². The molecule has 2 aromatic carbocycles. The molecule has 0 bridgehead atoms. The van der Waals surface area contributed by atoms with Crippen LogP contribution in [0.2, 0.25) is 5.02 Å². The fourth-order valence-electron chi connectivity index (χ4n) is 3.51. The van der Waals surface area contributed by atoms with Gasteiger partial charge in [0.05, 0.1) is 0 Å². The third-order valence-electron chi connectivity index (χ3n) is 5.13. The van der Waals surface area contributed by atoms with E-state index in [4.69, 9.17) is 16.3 Å². The summed E-state index contributed by atoms with van der Waals surface area (Å²) in [6, 6.07) is 12.0. The van der Waals surface area contributed by atoms with E-state index in [1.54, 1.807) is 34.4 Å². The van der Waals surface area contributed by atoms with Crippen molar-refractivity contribution in [1.29, 1.82) is 0 Å². The first kappa shape index (κ1) is 21.9. The standard InChI is InChI=1S/C23H24ClF2O2P/c1-15(27)5-6-17-9-12-20(13-22(17)24)28-14-18-3-2-4-21(18)16-7-10-19(11-8-16)23(25,26)29/h7-13H,2-6,14,29H2,1H3. The molecular formula is C23H24ClF2O2P. The van der Waals surface area contributed by atoms with Crippen LogP contribution in [0.25, 0.3) is 5.57 Å². The summed E-state index contributed by atoms with van der Waals surface area (Å²) < 4.78 is 32.8. The van der Waals surface area contributed by atoms with Gasteiger partial charge >= 0.3 is 0 Å². The van der Waals surface area contributed by atoms with Crippen LogP contribution in [0.4, 0.5) is 8.78 Å². The SMILES string of the molecule is CC(=O)CCc1ccc(OCC2=C(c3ccc(C(F)(F)P)cc3)CCC2)cc1Cl. The minimum absolute atomic E-state index is 0.0119. The Labute approximate surface area is 177 Å². The number of benzene rings is 2. The summed E-state index contributed by atoms with van der Waals surface area (Å²) in [4.78, 5) is 11.1. The molecule has 0 aromatic heterocycles. The molecule has 0 N–H and O–H groups in total. The fraction of sp³-hybridized carbons (Fsp3) is 0.348. The number of ether oxygens (including phenoxy) is 1. The Bertz CT molecular complexity index is 917. The molecular weight excluding hydrogens is 413 g/mol. The second-order valence-corrected chi connectivity index (χ2v) is 8.51. The van der Waals surface area contributed by atoms with Gasteiger partial charge in [-0.05, 0) is 67.0 Å². The van der Waals surface area contributed by atoms with Gasteiger partial charge in [0.2, 0.25) is 0 Å². The predicted molar refractivity (Wildman–Crippen MR) is 117 cm³/mol. The number of halogens is 3. The van der Waals surface area contributed by atoms with Gasteiger partial charge in [0, 0.05) is 17.0 Å². The van der Waals surface area contributed by atoms with Crippen LogP contribution >= 0.6 is 20.8 Å². The molecule has 1 unspecified atom stereocenters. The van der Waals surface area contributed by atoms with Crippen molar-refractivity contribution in [3.63, 3.8) is 0 Å². The number of rotatable bonds is 8. The molecule has 0 spiro atoms. The highest BCUT2D eigenvalue weighted by molar-refractivity contribution is 7.17. The lowest BCUT2D eigenvalue weighted by Crippen LogP contribution is -2.03. The highest BCUT2D eigenvalue weighted by Crippen LogP contribution is 2.38. The average molecular weight is 437 g/mol. The van der Waals surface area contributed by atoms with Crippen LogP contribution in [0.1, 0.15) is 49.3 Å². The number of carbonyl (C=O) groups is 1. The number of carbonyl (C=O) groups excluding carboxylic acids is 1. The van der Waals surface area contributed by atoms with Gasteiger partial charge in [0.25, 0.3) is 5.66 Å². The van der Waals surface area contributed by atoms with Crippen LogP contribution in [0.3, 0.4) is 0 Å². The maximum atomic E-state index is 13.4. The second-order valence-electron chi connectivity index (χ2n) is 7.38. The van der Waals surface area contributed by atoms with Crippen molar-refractivity contribution in [3.05, 3.63) is 69.8 Å². The summed E-state index contributed by atoms with van der Waals surface area (Å²) in [5.74, 6) is 0.815. The molecule has 0 saturated carbocycles. The van der Waals surface area contributed by atoms with Crippen molar-refractivity contribution in [2.75, 3.05) is 6.61 Å². The van der Waals surface area contributed by atoms with Crippen LogP contribution in [-0.4, -0.2) is 12.4 Å². The van der Waals surface area contributed by atoms with E-state index in [9.17, 15) is 13.6 Å². The number of ketones is 1. The normalized spacial score (nSPS) is 14.4. The number of alkyl halides is 2. The molecule has 0 amide bonds. The fourth-order valence-corrected chi connectivity index (χ4v) is 3.97. The molecule has 29 heavy (non-hydrogen) atoms. The van der Waals surface area contributed by atoms with E-state index in [-0.39, 0.29) is 11.3 Å².